The van der Waals surface area contributed by atoms with Gasteiger partial charge in [0.2, 0.25) is 0 Å². The monoisotopic (exact) mass is 184 g/mol. The lowest BCUT2D eigenvalue weighted by atomic mass is 10.0. The summed E-state index contributed by atoms with van der Waals surface area (Å²) in [5.74, 6) is 0.123. The van der Waals surface area contributed by atoms with E-state index in [9.17, 15) is 0 Å². The minimum Gasteiger partial charge on any atom is -0.396 e. The first kappa shape index (κ1) is 9.56. The first-order valence-electron chi connectivity index (χ1n) is 4.02. The fourth-order valence-corrected chi connectivity index (χ4v) is 1.46. The minimum atomic E-state index is 0.123. The number of hydrogen-bond acceptors (Lipinski definition) is 1. The van der Waals surface area contributed by atoms with E-state index in [4.69, 9.17) is 16.7 Å². The molecule has 1 atom stereocenters. The highest BCUT2D eigenvalue weighted by Gasteiger charge is 2.08. The molecule has 1 nitrogen and oxygen atoms in total. The van der Waals surface area contributed by atoms with Crippen LogP contribution in [0.4, 0.5) is 0 Å². The lowest BCUT2D eigenvalue weighted by molar-refractivity contribution is 0.273. The fourth-order valence-electron chi connectivity index (χ4n) is 1.15. The maximum absolute atomic E-state index is 8.94. The third-order valence-corrected chi connectivity index (χ3v) is 2.54. The van der Waals surface area contributed by atoms with E-state index >= 15 is 0 Å². The molecule has 0 aromatic heterocycles. The average molecular weight is 185 g/mol. The Morgan fingerprint density at radius 2 is 2.17 bits per heavy atom. The lowest BCUT2D eigenvalue weighted by Gasteiger charge is -2.11. The van der Waals surface area contributed by atoms with Crippen molar-refractivity contribution in [3.8, 4) is 0 Å². The lowest BCUT2D eigenvalue weighted by Crippen LogP contribution is -2.00. The predicted molar refractivity (Wildman–Crippen MR) is 51.7 cm³/mol. The summed E-state index contributed by atoms with van der Waals surface area (Å²) in [6.07, 6.45) is 0. The number of hydrogen-bond donors (Lipinski definition) is 1. The first-order chi connectivity index (χ1) is 5.66. The van der Waals surface area contributed by atoms with E-state index in [1.165, 1.54) is 0 Å². The summed E-state index contributed by atoms with van der Waals surface area (Å²) >= 11 is 6.06. The Morgan fingerprint density at radius 3 is 2.75 bits per heavy atom. The topological polar surface area (TPSA) is 20.2 Å². The molecule has 0 bridgehead atoms. The highest BCUT2D eigenvalue weighted by Crippen LogP contribution is 2.26. The molecule has 0 spiro atoms. The van der Waals surface area contributed by atoms with Gasteiger partial charge in [0.05, 0.1) is 0 Å². The fraction of sp³-hybridized carbons (Fsp3) is 0.400. The number of rotatable bonds is 2. The molecule has 1 aromatic carbocycles. The third kappa shape index (κ3) is 1.79. The highest BCUT2D eigenvalue weighted by molar-refractivity contribution is 6.32. The van der Waals surface area contributed by atoms with Crippen LogP contribution in [0.2, 0.25) is 5.02 Å². The molecule has 0 saturated carbocycles. The molecule has 66 valence electrons. The van der Waals surface area contributed by atoms with Crippen LogP contribution in [0.15, 0.2) is 18.2 Å². The molecule has 1 N–H and O–H groups in total. The van der Waals surface area contributed by atoms with Gasteiger partial charge in [-0.05, 0) is 18.1 Å². The van der Waals surface area contributed by atoms with Gasteiger partial charge in [-0.1, -0.05) is 36.7 Å². The Morgan fingerprint density at radius 1 is 1.50 bits per heavy atom. The normalized spacial score (nSPS) is 13.0. The van der Waals surface area contributed by atoms with E-state index in [2.05, 4.69) is 0 Å². The Kier molecular flexibility index (Phi) is 3.12. The van der Waals surface area contributed by atoms with Crippen LogP contribution in [0, 0.1) is 6.92 Å². The van der Waals surface area contributed by atoms with Gasteiger partial charge in [-0.2, -0.15) is 0 Å². The van der Waals surface area contributed by atoms with E-state index < -0.39 is 0 Å². The van der Waals surface area contributed by atoms with Crippen LogP contribution in [-0.2, 0) is 0 Å². The Hall–Kier alpha value is -0.530. The van der Waals surface area contributed by atoms with Gasteiger partial charge in [-0.25, -0.2) is 0 Å². The van der Waals surface area contributed by atoms with E-state index in [0.717, 1.165) is 16.1 Å². The van der Waals surface area contributed by atoms with Crippen LogP contribution in [0.1, 0.15) is 24.0 Å². The number of aliphatic hydroxyl groups excluding tert-OH is 1. The summed E-state index contributed by atoms with van der Waals surface area (Å²) < 4.78 is 0. The molecule has 0 aliphatic rings. The van der Waals surface area contributed by atoms with Gasteiger partial charge in [0.1, 0.15) is 0 Å². The van der Waals surface area contributed by atoms with Gasteiger partial charge < -0.3 is 5.11 Å². The molecule has 0 saturated heterocycles. The predicted octanol–water partition coefficient (Wildman–Crippen LogP) is 2.74. The summed E-state index contributed by atoms with van der Waals surface area (Å²) in [6, 6.07) is 5.88. The van der Waals surface area contributed by atoms with Gasteiger partial charge in [0.25, 0.3) is 0 Å². The number of aryl methyl sites for hydroxylation is 1. The molecule has 12 heavy (non-hydrogen) atoms. The van der Waals surface area contributed by atoms with Crippen molar-refractivity contribution in [3.63, 3.8) is 0 Å². The van der Waals surface area contributed by atoms with Crippen molar-refractivity contribution in [1.82, 2.24) is 0 Å². The Balaban J connectivity index is 3.07. The summed E-state index contributed by atoms with van der Waals surface area (Å²) in [5, 5.41) is 9.72. The van der Waals surface area contributed by atoms with Gasteiger partial charge >= 0.3 is 0 Å². The first-order valence-corrected chi connectivity index (χ1v) is 4.40. The molecule has 1 aromatic rings. The third-order valence-electron chi connectivity index (χ3n) is 2.03. The van der Waals surface area contributed by atoms with E-state index in [-0.39, 0.29) is 12.5 Å². The summed E-state index contributed by atoms with van der Waals surface area (Å²) in [5.41, 5.74) is 2.09. The maximum Gasteiger partial charge on any atom is 0.0497 e. The van der Waals surface area contributed by atoms with E-state index in [1.54, 1.807) is 0 Å². The second-order valence-corrected chi connectivity index (χ2v) is 3.44. The van der Waals surface area contributed by atoms with E-state index in [0.29, 0.717) is 0 Å². The standard InChI is InChI=1S/C10H13ClO/c1-7-4-3-5-9(10(7)11)8(2)6-12/h3-5,8,12H,6H2,1-2H3. The molecular formula is C10H13ClO. The zero-order valence-corrected chi connectivity index (χ0v) is 8.10. The largest absolute Gasteiger partial charge is 0.396 e. The van der Waals surface area contributed by atoms with Crippen LogP contribution >= 0.6 is 11.6 Å². The van der Waals surface area contributed by atoms with Crippen LogP contribution in [0.25, 0.3) is 0 Å². The van der Waals surface area contributed by atoms with E-state index in [1.807, 2.05) is 32.0 Å². The molecule has 0 fully saturated rings. The van der Waals surface area contributed by atoms with Crippen molar-refractivity contribution in [2.75, 3.05) is 6.61 Å². The van der Waals surface area contributed by atoms with Crippen molar-refractivity contribution in [3.05, 3.63) is 34.3 Å². The van der Waals surface area contributed by atoms with Crippen LogP contribution < -0.4 is 0 Å². The molecular weight excluding hydrogens is 172 g/mol. The second-order valence-electron chi connectivity index (χ2n) is 3.06. The Labute approximate surface area is 78.0 Å². The number of benzene rings is 1. The number of halogens is 1. The molecule has 1 unspecified atom stereocenters. The minimum absolute atomic E-state index is 0.123. The van der Waals surface area contributed by atoms with Crippen molar-refractivity contribution >= 4 is 11.6 Å². The van der Waals surface area contributed by atoms with Crippen LogP contribution in [-0.4, -0.2) is 11.7 Å². The quantitative estimate of drug-likeness (QED) is 0.750. The van der Waals surface area contributed by atoms with Crippen molar-refractivity contribution in [1.29, 1.82) is 0 Å². The zero-order valence-electron chi connectivity index (χ0n) is 7.34. The SMILES string of the molecule is Cc1cccc(C(C)CO)c1Cl. The molecule has 2 heteroatoms. The second kappa shape index (κ2) is 3.92. The zero-order chi connectivity index (χ0) is 9.14. The average Bonchev–Trinajstić information content (AvgIpc) is 2.08. The van der Waals surface area contributed by atoms with Gasteiger partial charge in [-0.15, -0.1) is 0 Å². The maximum atomic E-state index is 8.94. The summed E-state index contributed by atoms with van der Waals surface area (Å²) in [7, 11) is 0. The van der Waals surface area contributed by atoms with Crippen LogP contribution in [0.5, 0.6) is 0 Å². The molecule has 0 aliphatic heterocycles. The molecule has 0 heterocycles. The van der Waals surface area contributed by atoms with Gasteiger partial charge in [0.15, 0.2) is 0 Å². The highest BCUT2D eigenvalue weighted by atomic mass is 35.5. The number of aliphatic hydroxyl groups is 1. The smallest absolute Gasteiger partial charge is 0.0497 e. The van der Waals surface area contributed by atoms with Crippen molar-refractivity contribution < 1.29 is 5.11 Å². The van der Waals surface area contributed by atoms with Crippen LogP contribution in [0.3, 0.4) is 0 Å². The summed E-state index contributed by atoms with van der Waals surface area (Å²) in [4.78, 5) is 0. The molecule has 1 rings (SSSR count). The van der Waals surface area contributed by atoms with Gasteiger partial charge in [0, 0.05) is 17.5 Å². The van der Waals surface area contributed by atoms with Crippen molar-refractivity contribution in [2.24, 2.45) is 0 Å². The summed E-state index contributed by atoms with van der Waals surface area (Å²) in [6.45, 7) is 4.07. The molecule has 0 amide bonds. The molecule has 0 aliphatic carbocycles. The van der Waals surface area contributed by atoms with Crippen molar-refractivity contribution in [2.45, 2.75) is 19.8 Å². The Bertz CT molecular complexity index is 271. The molecule has 0 radical (unpaired) electrons. The van der Waals surface area contributed by atoms with Gasteiger partial charge in [-0.3, -0.25) is 0 Å².